The maximum atomic E-state index is 11.2. The third kappa shape index (κ3) is 4.05. The summed E-state index contributed by atoms with van der Waals surface area (Å²) < 4.78 is 4.68. The molecule has 0 aliphatic heterocycles. The molecule has 4 N–H and O–H groups in total. The van der Waals surface area contributed by atoms with Crippen LogP contribution in [0.25, 0.3) is 0 Å². The predicted molar refractivity (Wildman–Crippen MR) is 58.9 cm³/mol. The Labute approximate surface area is 97.3 Å². The molecule has 0 aromatic heterocycles. The third-order valence-corrected chi connectivity index (χ3v) is 2.22. The lowest BCUT2D eigenvalue weighted by Crippen LogP contribution is -2.08. The summed E-state index contributed by atoms with van der Waals surface area (Å²) in [6, 6.07) is 4.44. The molecule has 0 saturated carbocycles. The number of hydrogen-bond donors (Lipinski definition) is 2. The second-order valence-electron chi connectivity index (χ2n) is 2.49. The Morgan fingerprint density at radius 3 is 2.53 bits per heavy atom. The van der Waals surface area contributed by atoms with Crippen LogP contribution < -0.4 is 6.15 Å². The molecule has 1 rings (SSSR count). The summed E-state index contributed by atoms with van der Waals surface area (Å²) in [5.41, 5.74) is 0.313. The zero-order valence-electron chi connectivity index (χ0n) is 7.87. The normalized spacial score (nSPS) is 9.27. The van der Waals surface area contributed by atoms with Gasteiger partial charge in [0, 0.05) is 0 Å². The highest BCUT2D eigenvalue weighted by Crippen LogP contribution is 2.22. The van der Waals surface area contributed by atoms with Crippen molar-refractivity contribution in [2.45, 2.75) is 0 Å². The monoisotopic (exact) mass is 251 g/mol. The van der Waals surface area contributed by atoms with E-state index < -0.39 is 5.97 Å². The lowest BCUT2D eigenvalue weighted by atomic mass is 10.2. The summed E-state index contributed by atoms with van der Waals surface area (Å²) in [5.74, 6) is -0.530. The average molecular weight is 252 g/mol. The molecular formula is C9H11Cl2NO3. The van der Waals surface area contributed by atoms with E-state index in [4.69, 9.17) is 28.3 Å². The first-order chi connectivity index (χ1) is 6.65. The fourth-order valence-corrected chi connectivity index (χ4v) is 1.14. The SMILES string of the molecule is N.O=C(OCCO)c1ccc(Cl)c(Cl)c1. The molecule has 0 amide bonds. The van der Waals surface area contributed by atoms with E-state index in [1.54, 1.807) is 0 Å². The van der Waals surface area contributed by atoms with Gasteiger partial charge in [0.15, 0.2) is 0 Å². The van der Waals surface area contributed by atoms with Gasteiger partial charge >= 0.3 is 5.97 Å². The van der Waals surface area contributed by atoms with Crippen LogP contribution in [0.3, 0.4) is 0 Å². The number of benzene rings is 1. The van der Waals surface area contributed by atoms with E-state index in [0.717, 1.165) is 0 Å². The van der Waals surface area contributed by atoms with E-state index in [9.17, 15) is 4.79 Å². The number of carbonyl (C=O) groups is 1. The van der Waals surface area contributed by atoms with Crippen LogP contribution in [-0.4, -0.2) is 24.3 Å². The van der Waals surface area contributed by atoms with Crippen molar-refractivity contribution in [1.29, 1.82) is 0 Å². The van der Waals surface area contributed by atoms with Crippen molar-refractivity contribution in [2.75, 3.05) is 13.2 Å². The lowest BCUT2D eigenvalue weighted by Gasteiger charge is -2.03. The molecule has 1 aromatic carbocycles. The minimum Gasteiger partial charge on any atom is -0.460 e. The third-order valence-electron chi connectivity index (χ3n) is 1.48. The van der Waals surface area contributed by atoms with Gasteiger partial charge in [-0.25, -0.2) is 4.79 Å². The quantitative estimate of drug-likeness (QED) is 0.808. The summed E-state index contributed by atoms with van der Waals surface area (Å²) in [6.07, 6.45) is 0. The Hall–Kier alpha value is -0.810. The van der Waals surface area contributed by atoms with Crippen molar-refractivity contribution in [3.05, 3.63) is 33.8 Å². The summed E-state index contributed by atoms with van der Waals surface area (Å²) in [7, 11) is 0. The molecule has 0 unspecified atom stereocenters. The standard InChI is InChI=1S/C9H8Cl2O3.H3N/c10-7-2-1-6(5-8(7)11)9(13)14-4-3-12;/h1-2,5,12H,3-4H2;1H3. The van der Waals surface area contributed by atoms with Gasteiger partial charge in [0.25, 0.3) is 0 Å². The molecule has 1 aromatic rings. The van der Waals surface area contributed by atoms with Crippen molar-refractivity contribution in [2.24, 2.45) is 0 Å². The van der Waals surface area contributed by atoms with Crippen LogP contribution in [0.1, 0.15) is 10.4 Å². The minimum atomic E-state index is -0.530. The van der Waals surface area contributed by atoms with Crippen LogP contribution in [0.2, 0.25) is 10.0 Å². The van der Waals surface area contributed by atoms with Crippen LogP contribution in [0, 0.1) is 0 Å². The fourth-order valence-electron chi connectivity index (χ4n) is 0.845. The second-order valence-corrected chi connectivity index (χ2v) is 3.30. The van der Waals surface area contributed by atoms with Crippen LogP contribution in [0.4, 0.5) is 0 Å². The van der Waals surface area contributed by atoms with Gasteiger partial charge in [0.2, 0.25) is 0 Å². The van der Waals surface area contributed by atoms with Crippen molar-refractivity contribution < 1.29 is 14.6 Å². The first kappa shape index (κ1) is 14.2. The number of halogens is 2. The number of ether oxygens (including phenoxy) is 1. The number of aliphatic hydroxyl groups is 1. The van der Waals surface area contributed by atoms with E-state index in [1.165, 1.54) is 18.2 Å². The largest absolute Gasteiger partial charge is 0.460 e. The first-order valence-corrected chi connectivity index (χ1v) is 4.64. The Morgan fingerprint density at radius 1 is 1.33 bits per heavy atom. The molecule has 0 aliphatic carbocycles. The van der Waals surface area contributed by atoms with Gasteiger partial charge < -0.3 is 16.0 Å². The van der Waals surface area contributed by atoms with Gasteiger partial charge in [-0.3, -0.25) is 0 Å². The number of carbonyl (C=O) groups excluding carboxylic acids is 1. The molecule has 6 heteroatoms. The maximum Gasteiger partial charge on any atom is 0.338 e. The van der Waals surface area contributed by atoms with Gasteiger partial charge in [-0.1, -0.05) is 23.2 Å². The molecule has 0 saturated heterocycles. The second kappa shape index (κ2) is 6.63. The number of hydrogen-bond acceptors (Lipinski definition) is 4. The number of aliphatic hydroxyl groups excluding tert-OH is 1. The summed E-state index contributed by atoms with van der Waals surface area (Å²) in [4.78, 5) is 11.2. The Balaban J connectivity index is 0.00000196. The highest BCUT2D eigenvalue weighted by molar-refractivity contribution is 6.42. The Bertz CT molecular complexity index is 344. The van der Waals surface area contributed by atoms with Crippen LogP contribution >= 0.6 is 23.2 Å². The average Bonchev–Trinajstić information content (AvgIpc) is 2.18. The number of rotatable bonds is 3. The smallest absolute Gasteiger partial charge is 0.338 e. The zero-order chi connectivity index (χ0) is 10.6. The van der Waals surface area contributed by atoms with Crippen molar-refractivity contribution in [1.82, 2.24) is 6.15 Å². The molecule has 15 heavy (non-hydrogen) atoms. The lowest BCUT2D eigenvalue weighted by molar-refractivity contribution is 0.0434. The van der Waals surface area contributed by atoms with Crippen LogP contribution in [-0.2, 0) is 4.74 Å². The molecule has 0 bridgehead atoms. The summed E-state index contributed by atoms with van der Waals surface area (Å²) in [5, 5.41) is 9.11. The highest BCUT2D eigenvalue weighted by atomic mass is 35.5. The van der Waals surface area contributed by atoms with E-state index in [2.05, 4.69) is 4.74 Å². The van der Waals surface area contributed by atoms with Gasteiger partial charge in [-0.15, -0.1) is 0 Å². The molecule has 0 atom stereocenters. The molecule has 84 valence electrons. The van der Waals surface area contributed by atoms with Crippen molar-refractivity contribution in [3.8, 4) is 0 Å². The maximum absolute atomic E-state index is 11.2. The molecular weight excluding hydrogens is 241 g/mol. The summed E-state index contributed by atoms with van der Waals surface area (Å²) in [6.45, 7) is -0.230. The zero-order valence-corrected chi connectivity index (χ0v) is 9.38. The van der Waals surface area contributed by atoms with Crippen LogP contribution in [0.15, 0.2) is 18.2 Å². The first-order valence-electron chi connectivity index (χ1n) is 3.88. The molecule has 0 radical (unpaired) electrons. The van der Waals surface area contributed by atoms with Gasteiger partial charge in [0.05, 0.1) is 22.2 Å². The molecule has 4 nitrogen and oxygen atoms in total. The fraction of sp³-hybridized carbons (Fsp3) is 0.222. The predicted octanol–water partition coefficient (Wildman–Crippen LogP) is 2.30. The minimum absolute atomic E-state index is 0. The van der Waals surface area contributed by atoms with E-state index >= 15 is 0 Å². The molecule has 0 spiro atoms. The van der Waals surface area contributed by atoms with Crippen molar-refractivity contribution >= 4 is 29.2 Å². The van der Waals surface area contributed by atoms with Crippen molar-refractivity contribution in [3.63, 3.8) is 0 Å². The van der Waals surface area contributed by atoms with Gasteiger partial charge in [-0.05, 0) is 18.2 Å². The Kier molecular flexibility index (Phi) is 6.27. The topological polar surface area (TPSA) is 81.5 Å². The number of esters is 1. The molecule has 0 heterocycles. The Morgan fingerprint density at radius 2 is 2.00 bits per heavy atom. The summed E-state index contributed by atoms with van der Waals surface area (Å²) >= 11 is 11.4. The van der Waals surface area contributed by atoms with Crippen LogP contribution in [0.5, 0.6) is 0 Å². The van der Waals surface area contributed by atoms with E-state index in [0.29, 0.717) is 15.6 Å². The van der Waals surface area contributed by atoms with Gasteiger partial charge in [-0.2, -0.15) is 0 Å². The molecule has 0 fully saturated rings. The highest BCUT2D eigenvalue weighted by Gasteiger charge is 2.08. The molecule has 0 aliphatic rings. The van der Waals surface area contributed by atoms with Gasteiger partial charge in [0.1, 0.15) is 6.61 Å². The van der Waals surface area contributed by atoms with E-state index in [-0.39, 0.29) is 19.4 Å². The van der Waals surface area contributed by atoms with E-state index in [1.807, 2.05) is 0 Å².